The van der Waals surface area contributed by atoms with Crippen LogP contribution in [0.25, 0.3) is 16.5 Å². The number of carbonyl (C=O) groups excluding carboxylic acids is 1. The van der Waals surface area contributed by atoms with Crippen molar-refractivity contribution in [3.8, 4) is 0 Å². The second-order valence-electron chi connectivity index (χ2n) is 7.32. The topological polar surface area (TPSA) is 70.9 Å². The van der Waals surface area contributed by atoms with Crippen LogP contribution in [0, 0.1) is 5.82 Å². The Hall–Kier alpha value is -2.92. The van der Waals surface area contributed by atoms with Crippen molar-refractivity contribution in [1.29, 1.82) is 0 Å². The average Bonchev–Trinajstić information content (AvgIpc) is 3.13. The molecule has 3 aromatic rings. The van der Waals surface area contributed by atoms with Crippen LogP contribution in [-0.2, 0) is 6.42 Å². The average molecular weight is 377 g/mol. The lowest BCUT2D eigenvalue weighted by atomic mass is 9.90. The van der Waals surface area contributed by atoms with E-state index in [1.165, 1.54) is 11.6 Å². The van der Waals surface area contributed by atoms with Crippen LogP contribution < -0.4 is 11.1 Å². The highest BCUT2D eigenvalue weighted by Gasteiger charge is 2.18. The molecule has 1 aliphatic rings. The Morgan fingerprint density at radius 2 is 2.11 bits per heavy atom. The highest BCUT2D eigenvalue weighted by molar-refractivity contribution is 6.00. The van der Waals surface area contributed by atoms with Crippen LogP contribution in [0.4, 0.5) is 4.39 Å². The summed E-state index contributed by atoms with van der Waals surface area (Å²) in [7, 11) is 0. The van der Waals surface area contributed by atoms with Gasteiger partial charge in [-0.1, -0.05) is 24.3 Å². The summed E-state index contributed by atoms with van der Waals surface area (Å²) in [5.41, 5.74) is 10.1. The molecule has 0 saturated heterocycles. The first kappa shape index (κ1) is 18.4. The second-order valence-corrected chi connectivity index (χ2v) is 7.32. The molecule has 1 aliphatic carbocycles. The molecule has 4 nitrogen and oxygen atoms in total. The predicted molar refractivity (Wildman–Crippen MR) is 111 cm³/mol. The largest absolute Gasteiger partial charge is 0.366 e. The van der Waals surface area contributed by atoms with Gasteiger partial charge in [0.05, 0.1) is 0 Å². The number of aromatic amines is 1. The standard InChI is InChI=1S/C23H24FN3O/c24-21-4-2-1-3-16(21)11-12-26-18-8-5-15(6-9-18)20-14-27-22-10-7-17(23(25)28)13-19(20)22/h1-5,7,10,13-14,18,26-27H,6,8-9,11-12H2,(H2,25,28). The van der Waals surface area contributed by atoms with Crippen molar-refractivity contribution >= 4 is 22.4 Å². The van der Waals surface area contributed by atoms with Gasteiger partial charge in [0, 0.05) is 34.3 Å². The fraction of sp³-hybridized carbons (Fsp3) is 0.261. The first-order chi connectivity index (χ1) is 13.6. The Balaban J connectivity index is 1.40. The van der Waals surface area contributed by atoms with Crippen LogP contribution >= 0.6 is 0 Å². The molecule has 5 heteroatoms. The maximum Gasteiger partial charge on any atom is 0.248 e. The molecule has 0 radical (unpaired) electrons. The molecule has 0 fully saturated rings. The predicted octanol–water partition coefficient (Wildman–Crippen LogP) is 4.17. The number of hydrogen-bond acceptors (Lipinski definition) is 2. The van der Waals surface area contributed by atoms with Crippen LogP contribution in [0.5, 0.6) is 0 Å². The van der Waals surface area contributed by atoms with E-state index >= 15 is 0 Å². The van der Waals surface area contributed by atoms with Crippen molar-refractivity contribution in [1.82, 2.24) is 10.3 Å². The van der Waals surface area contributed by atoms with Gasteiger partial charge in [0.25, 0.3) is 0 Å². The molecule has 4 rings (SSSR count). The van der Waals surface area contributed by atoms with Crippen LogP contribution in [0.3, 0.4) is 0 Å². The summed E-state index contributed by atoms with van der Waals surface area (Å²) in [6, 6.07) is 12.9. The minimum absolute atomic E-state index is 0.134. The van der Waals surface area contributed by atoms with E-state index in [0.717, 1.165) is 47.8 Å². The highest BCUT2D eigenvalue weighted by Crippen LogP contribution is 2.32. The van der Waals surface area contributed by atoms with Gasteiger partial charge in [-0.25, -0.2) is 4.39 Å². The molecule has 4 N–H and O–H groups in total. The Labute approximate surface area is 163 Å². The van der Waals surface area contributed by atoms with E-state index in [0.29, 0.717) is 18.0 Å². The number of amides is 1. The maximum atomic E-state index is 13.7. The van der Waals surface area contributed by atoms with E-state index in [9.17, 15) is 9.18 Å². The summed E-state index contributed by atoms with van der Waals surface area (Å²) in [6.45, 7) is 0.768. The van der Waals surface area contributed by atoms with E-state index in [1.807, 2.05) is 30.5 Å². The molecule has 0 spiro atoms. The quantitative estimate of drug-likeness (QED) is 0.603. The summed E-state index contributed by atoms with van der Waals surface area (Å²) in [4.78, 5) is 14.8. The Morgan fingerprint density at radius 3 is 2.86 bits per heavy atom. The zero-order valence-electron chi connectivity index (χ0n) is 15.7. The van der Waals surface area contributed by atoms with E-state index in [4.69, 9.17) is 5.73 Å². The molecule has 0 bridgehead atoms. The van der Waals surface area contributed by atoms with E-state index in [-0.39, 0.29) is 5.82 Å². The van der Waals surface area contributed by atoms with Crippen molar-refractivity contribution in [3.63, 3.8) is 0 Å². The molecule has 1 atom stereocenters. The van der Waals surface area contributed by atoms with Gasteiger partial charge >= 0.3 is 0 Å². The van der Waals surface area contributed by atoms with Crippen molar-refractivity contribution < 1.29 is 9.18 Å². The van der Waals surface area contributed by atoms with E-state index in [1.54, 1.807) is 12.1 Å². The normalized spacial score (nSPS) is 16.9. The van der Waals surface area contributed by atoms with Gasteiger partial charge in [-0.2, -0.15) is 0 Å². The minimum atomic E-state index is -0.411. The number of nitrogens with two attached hydrogens (primary N) is 1. The Morgan fingerprint density at radius 1 is 1.25 bits per heavy atom. The second kappa shape index (κ2) is 7.98. The summed E-state index contributed by atoms with van der Waals surface area (Å²) in [6.07, 6.45) is 7.90. The number of carbonyl (C=O) groups is 1. The van der Waals surface area contributed by atoms with Gasteiger partial charge in [-0.15, -0.1) is 0 Å². The third kappa shape index (κ3) is 3.85. The zero-order chi connectivity index (χ0) is 19.5. The molecule has 144 valence electrons. The van der Waals surface area contributed by atoms with E-state index in [2.05, 4.69) is 16.4 Å². The molecule has 1 unspecified atom stereocenters. The smallest absolute Gasteiger partial charge is 0.248 e. The van der Waals surface area contributed by atoms with Crippen LogP contribution in [0.1, 0.15) is 40.7 Å². The van der Waals surface area contributed by atoms with Crippen molar-refractivity contribution in [3.05, 3.63) is 77.2 Å². The molecular weight excluding hydrogens is 353 g/mol. The fourth-order valence-corrected chi connectivity index (χ4v) is 3.92. The number of aromatic nitrogens is 1. The first-order valence-electron chi connectivity index (χ1n) is 9.69. The summed E-state index contributed by atoms with van der Waals surface area (Å²) in [5.74, 6) is -0.546. The number of nitrogens with one attached hydrogen (secondary N) is 2. The number of hydrogen-bond donors (Lipinski definition) is 3. The van der Waals surface area contributed by atoms with Gasteiger partial charge in [0.1, 0.15) is 5.82 Å². The fourth-order valence-electron chi connectivity index (χ4n) is 3.92. The Bertz CT molecular complexity index is 1040. The lowest BCUT2D eigenvalue weighted by Crippen LogP contribution is -2.32. The molecule has 28 heavy (non-hydrogen) atoms. The van der Waals surface area contributed by atoms with Crippen molar-refractivity contribution in [2.24, 2.45) is 5.73 Å². The van der Waals surface area contributed by atoms with Gasteiger partial charge < -0.3 is 16.0 Å². The Kier molecular flexibility index (Phi) is 5.26. The summed E-state index contributed by atoms with van der Waals surface area (Å²) < 4.78 is 13.7. The molecule has 2 aromatic carbocycles. The first-order valence-corrected chi connectivity index (χ1v) is 9.69. The van der Waals surface area contributed by atoms with Crippen LogP contribution in [0.2, 0.25) is 0 Å². The lowest BCUT2D eigenvalue weighted by Gasteiger charge is -2.23. The third-order valence-electron chi connectivity index (χ3n) is 5.51. The molecule has 1 aromatic heterocycles. The lowest BCUT2D eigenvalue weighted by molar-refractivity contribution is 0.100. The number of primary amides is 1. The SMILES string of the molecule is NC(=O)c1ccc2[nH]cc(C3=CCC(NCCc4ccccc4F)CC3)c2c1. The molecule has 1 amide bonds. The highest BCUT2D eigenvalue weighted by atomic mass is 19.1. The number of halogens is 1. The number of H-pyrrole nitrogens is 1. The summed E-state index contributed by atoms with van der Waals surface area (Å²) >= 11 is 0. The van der Waals surface area contributed by atoms with Gasteiger partial charge in [0.15, 0.2) is 0 Å². The van der Waals surface area contributed by atoms with Gasteiger partial charge in [0.2, 0.25) is 5.91 Å². The molecule has 1 heterocycles. The van der Waals surface area contributed by atoms with E-state index < -0.39 is 5.91 Å². The molecule has 0 aliphatic heterocycles. The van der Waals surface area contributed by atoms with Gasteiger partial charge in [-0.3, -0.25) is 4.79 Å². The monoisotopic (exact) mass is 377 g/mol. The van der Waals surface area contributed by atoms with Crippen molar-refractivity contribution in [2.45, 2.75) is 31.7 Å². The minimum Gasteiger partial charge on any atom is -0.366 e. The number of rotatable bonds is 6. The van der Waals surface area contributed by atoms with Crippen LogP contribution in [0.15, 0.2) is 54.7 Å². The molecule has 0 saturated carbocycles. The number of fused-ring (bicyclic) bond motifs is 1. The van der Waals surface area contributed by atoms with Gasteiger partial charge in [-0.05, 0) is 67.6 Å². The van der Waals surface area contributed by atoms with Crippen molar-refractivity contribution in [2.75, 3.05) is 6.54 Å². The number of allylic oxidation sites excluding steroid dienone is 1. The zero-order valence-corrected chi connectivity index (χ0v) is 15.7. The number of benzene rings is 2. The molecular formula is C23H24FN3O. The van der Waals surface area contributed by atoms with Crippen LogP contribution in [-0.4, -0.2) is 23.5 Å². The third-order valence-corrected chi connectivity index (χ3v) is 5.51. The summed E-state index contributed by atoms with van der Waals surface area (Å²) in [5, 5.41) is 4.58. The maximum absolute atomic E-state index is 13.7.